The molecule has 1 aromatic carbocycles. The van der Waals surface area contributed by atoms with Crippen molar-refractivity contribution in [3.63, 3.8) is 0 Å². The molecule has 0 aromatic heterocycles. The maximum Gasteiger partial charge on any atom is 0.419 e. The topological polar surface area (TPSA) is 12.0 Å². The molecule has 0 bridgehead atoms. The molecule has 0 saturated heterocycles. The minimum atomic E-state index is -4.65. The first-order chi connectivity index (χ1) is 9.84. The number of benzene rings is 1. The van der Waals surface area contributed by atoms with Gasteiger partial charge in [0, 0.05) is 6.04 Å². The highest BCUT2D eigenvalue weighted by atomic mass is 19.4. The Morgan fingerprint density at radius 1 is 1.24 bits per heavy atom. The number of alkyl halides is 3. The molecular weight excluding hydrogens is 282 g/mol. The molecule has 0 spiro atoms. The van der Waals surface area contributed by atoms with E-state index in [-0.39, 0.29) is 11.5 Å². The standard InChI is InChI=1S/C16H21F4N/c1-3-15(8-4-5-9-15)14(21-2)11-6-7-12(13(17)10-11)16(18,19)20/h6-7,10,14,21H,3-5,8-9H2,1-2H3. The molecule has 1 nitrogen and oxygen atoms in total. The molecule has 0 radical (unpaired) electrons. The second-order valence-electron chi connectivity index (χ2n) is 5.88. The molecule has 1 N–H and O–H groups in total. The molecule has 1 aromatic rings. The Labute approximate surface area is 122 Å². The van der Waals surface area contributed by atoms with Gasteiger partial charge in [-0.15, -0.1) is 0 Å². The zero-order valence-electron chi connectivity index (χ0n) is 12.4. The fourth-order valence-corrected chi connectivity index (χ4v) is 3.69. The smallest absolute Gasteiger partial charge is 0.313 e. The summed E-state index contributed by atoms with van der Waals surface area (Å²) in [5, 5.41) is 3.19. The van der Waals surface area contributed by atoms with E-state index in [1.807, 2.05) is 0 Å². The Balaban J connectivity index is 2.37. The molecular formula is C16H21F4N. The molecule has 0 heterocycles. The molecule has 2 rings (SSSR count). The van der Waals surface area contributed by atoms with E-state index in [0.717, 1.165) is 44.2 Å². The molecule has 0 amide bonds. The van der Waals surface area contributed by atoms with Crippen molar-refractivity contribution < 1.29 is 17.6 Å². The van der Waals surface area contributed by atoms with Gasteiger partial charge in [0.2, 0.25) is 0 Å². The summed E-state index contributed by atoms with van der Waals surface area (Å²) in [6.45, 7) is 2.09. The molecule has 1 saturated carbocycles. The van der Waals surface area contributed by atoms with Crippen LogP contribution in [0.3, 0.4) is 0 Å². The van der Waals surface area contributed by atoms with Crippen LogP contribution in [0.1, 0.15) is 56.2 Å². The van der Waals surface area contributed by atoms with Crippen LogP contribution in [0.25, 0.3) is 0 Å². The predicted octanol–water partition coefficient (Wildman–Crippen LogP) is 5.08. The van der Waals surface area contributed by atoms with Crippen LogP contribution in [-0.2, 0) is 6.18 Å². The zero-order chi connectivity index (χ0) is 15.7. The van der Waals surface area contributed by atoms with Gasteiger partial charge in [0.05, 0.1) is 5.56 Å². The average molecular weight is 303 g/mol. The summed E-state index contributed by atoms with van der Waals surface area (Å²) >= 11 is 0. The Kier molecular flexibility index (Phi) is 4.61. The third-order valence-electron chi connectivity index (χ3n) is 4.84. The molecule has 118 valence electrons. The van der Waals surface area contributed by atoms with Crippen molar-refractivity contribution in [3.8, 4) is 0 Å². The first-order valence-corrected chi connectivity index (χ1v) is 7.38. The monoisotopic (exact) mass is 303 g/mol. The van der Waals surface area contributed by atoms with Crippen LogP contribution in [0.2, 0.25) is 0 Å². The van der Waals surface area contributed by atoms with E-state index < -0.39 is 17.6 Å². The second-order valence-corrected chi connectivity index (χ2v) is 5.88. The fraction of sp³-hybridized carbons (Fsp3) is 0.625. The van der Waals surface area contributed by atoms with E-state index in [2.05, 4.69) is 12.2 Å². The van der Waals surface area contributed by atoms with Gasteiger partial charge in [0.25, 0.3) is 0 Å². The number of rotatable bonds is 4. The van der Waals surface area contributed by atoms with E-state index >= 15 is 0 Å². The zero-order valence-corrected chi connectivity index (χ0v) is 12.4. The quantitative estimate of drug-likeness (QED) is 0.765. The van der Waals surface area contributed by atoms with Gasteiger partial charge in [-0.25, -0.2) is 4.39 Å². The number of hydrogen-bond acceptors (Lipinski definition) is 1. The second kappa shape index (κ2) is 5.95. The lowest BCUT2D eigenvalue weighted by atomic mass is 9.73. The van der Waals surface area contributed by atoms with E-state index in [4.69, 9.17) is 0 Å². The van der Waals surface area contributed by atoms with Gasteiger partial charge in [-0.05, 0) is 49.4 Å². The molecule has 1 fully saturated rings. The van der Waals surface area contributed by atoms with Crippen molar-refractivity contribution in [2.75, 3.05) is 7.05 Å². The van der Waals surface area contributed by atoms with E-state index in [1.54, 1.807) is 7.05 Å². The molecule has 1 aliphatic carbocycles. The Bertz CT molecular complexity index is 490. The number of hydrogen-bond donors (Lipinski definition) is 1. The van der Waals surface area contributed by atoms with Crippen LogP contribution in [-0.4, -0.2) is 7.05 Å². The summed E-state index contributed by atoms with van der Waals surface area (Å²) in [5.74, 6) is -1.19. The van der Waals surface area contributed by atoms with Gasteiger partial charge in [-0.1, -0.05) is 25.8 Å². The van der Waals surface area contributed by atoms with Crippen LogP contribution in [0.4, 0.5) is 17.6 Å². The SMILES string of the molecule is CCC1(C(NC)c2ccc(C(F)(F)F)c(F)c2)CCCC1. The molecule has 5 heteroatoms. The highest BCUT2D eigenvalue weighted by Gasteiger charge is 2.41. The molecule has 1 atom stereocenters. The summed E-state index contributed by atoms with van der Waals surface area (Å²) in [7, 11) is 1.79. The van der Waals surface area contributed by atoms with Crippen molar-refractivity contribution in [2.24, 2.45) is 5.41 Å². The summed E-state index contributed by atoms with van der Waals surface area (Å²) in [4.78, 5) is 0. The first-order valence-electron chi connectivity index (χ1n) is 7.38. The van der Waals surface area contributed by atoms with Crippen LogP contribution < -0.4 is 5.32 Å². The van der Waals surface area contributed by atoms with Gasteiger partial charge in [-0.3, -0.25) is 0 Å². The third kappa shape index (κ3) is 3.07. The Morgan fingerprint density at radius 3 is 2.29 bits per heavy atom. The average Bonchev–Trinajstić information content (AvgIpc) is 2.88. The summed E-state index contributed by atoms with van der Waals surface area (Å²) in [6, 6.07) is 3.19. The van der Waals surface area contributed by atoms with Crippen molar-refractivity contribution in [3.05, 3.63) is 35.1 Å². The Morgan fingerprint density at radius 2 is 1.86 bits per heavy atom. The number of halogens is 4. The highest BCUT2D eigenvalue weighted by Crippen LogP contribution is 2.50. The van der Waals surface area contributed by atoms with Gasteiger partial charge in [-0.2, -0.15) is 13.2 Å². The summed E-state index contributed by atoms with van der Waals surface area (Å²) in [5.41, 5.74) is -0.578. The maximum atomic E-state index is 13.8. The highest BCUT2D eigenvalue weighted by molar-refractivity contribution is 5.30. The summed E-state index contributed by atoms with van der Waals surface area (Å²) < 4.78 is 51.8. The van der Waals surface area contributed by atoms with Crippen LogP contribution >= 0.6 is 0 Å². The first kappa shape index (κ1) is 16.3. The minimum Gasteiger partial charge on any atom is -0.313 e. The van der Waals surface area contributed by atoms with Crippen LogP contribution in [0.15, 0.2) is 18.2 Å². The van der Waals surface area contributed by atoms with Crippen molar-refractivity contribution in [1.29, 1.82) is 0 Å². The summed E-state index contributed by atoms with van der Waals surface area (Å²) in [6.07, 6.45) is 0.578. The van der Waals surface area contributed by atoms with Crippen molar-refractivity contribution >= 4 is 0 Å². The lowest BCUT2D eigenvalue weighted by Gasteiger charge is -2.37. The van der Waals surface area contributed by atoms with Gasteiger partial charge >= 0.3 is 6.18 Å². The van der Waals surface area contributed by atoms with Gasteiger partial charge < -0.3 is 5.32 Å². The van der Waals surface area contributed by atoms with Crippen LogP contribution in [0.5, 0.6) is 0 Å². The van der Waals surface area contributed by atoms with Crippen molar-refractivity contribution in [1.82, 2.24) is 5.32 Å². The number of nitrogens with one attached hydrogen (secondary N) is 1. The molecule has 0 aliphatic heterocycles. The van der Waals surface area contributed by atoms with E-state index in [0.29, 0.717) is 5.56 Å². The van der Waals surface area contributed by atoms with E-state index in [9.17, 15) is 17.6 Å². The van der Waals surface area contributed by atoms with E-state index in [1.165, 1.54) is 6.07 Å². The largest absolute Gasteiger partial charge is 0.419 e. The Hall–Kier alpha value is -1.10. The lowest BCUT2D eigenvalue weighted by Crippen LogP contribution is -2.34. The molecule has 21 heavy (non-hydrogen) atoms. The van der Waals surface area contributed by atoms with Gasteiger partial charge in [0.1, 0.15) is 5.82 Å². The minimum absolute atomic E-state index is 0.0148. The van der Waals surface area contributed by atoms with Gasteiger partial charge in [0.15, 0.2) is 0 Å². The maximum absolute atomic E-state index is 13.8. The van der Waals surface area contributed by atoms with Crippen molar-refractivity contribution in [2.45, 2.75) is 51.2 Å². The lowest BCUT2D eigenvalue weighted by molar-refractivity contribution is -0.140. The molecule has 1 aliphatic rings. The normalized spacial score (nSPS) is 19.7. The predicted molar refractivity (Wildman–Crippen MR) is 74.4 cm³/mol. The molecule has 1 unspecified atom stereocenters. The fourth-order valence-electron chi connectivity index (χ4n) is 3.69. The van der Waals surface area contributed by atoms with Crippen LogP contribution in [0, 0.1) is 11.2 Å². The third-order valence-corrected chi connectivity index (χ3v) is 4.84.